The second-order valence-corrected chi connectivity index (χ2v) is 3.42. The zero-order valence-corrected chi connectivity index (χ0v) is 10.2. The van der Waals surface area contributed by atoms with Gasteiger partial charge in [0.2, 0.25) is 0 Å². The molecule has 90 valence electrons. The largest absolute Gasteiger partial charge is 0.497 e. The van der Waals surface area contributed by atoms with E-state index in [1.54, 1.807) is 31.4 Å². The minimum Gasteiger partial charge on any atom is -0.497 e. The highest BCUT2D eigenvalue weighted by atomic mass is 16.5. The van der Waals surface area contributed by atoms with Crippen molar-refractivity contribution in [3.8, 4) is 18.6 Å². The second kappa shape index (κ2) is 6.93. The third-order valence-corrected chi connectivity index (χ3v) is 2.39. The summed E-state index contributed by atoms with van der Waals surface area (Å²) in [5.74, 6) is 0.785. The molecule has 0 radical (unpaired) electrons. The highest BCUT2D eigenvalue weighted by molar-refractivity contribution is 6.08. The molecule has 0 aliphatic rings. The maximum Gasteiger partial charge on any atom is 0.193 e. The van der Waals surface area contributed by atoms with Crippen LogP contribution in [0.4, 0.5) is 0 Å². The van der Waals surface area contributed by atoms with Crippen LogP contribution < -0.4 is 4.74 Å². The summed E-state index contributed by atoms with van der Waals surface area (Å²) in [5.41, 5.74) is 1.37. The van der Waals surface area contributed by atoms with Crippen molar-refractivity contribution < 1.29 is 9.53 Å². The van der Waals surface area contributed by atoms with Gasteiger partial charge in [-0.3, -0.25) is 4.79 Å². The van der Waals surface area contributed by atoms with E-state index in [9.17, 15) is 4.79 Å². The number of ketones is 1. The van der Waals surface area contributed by atoms with Crippen molar-refractivity contribution in [2.24, 2.45) is 0 Å². The molecule has 0 bridgehead atoms. The van der Waals surface area contributed by atoms with Gasteiger partial charge in [0.25, 0.3) is 0 Å². The number of ether oxygens (including phenoxy) is 1. The molecule has 2 heteroatoms. The molecule has 0 aromatic heterocycles. The van der Waals surface area contributed by atoms with Crippen LogP contribution in [0.5, 0.6) is 5.75 Å². The lowest BCUT2D eigenvalue weighted by Gasteiger charge is -2.02. The Kier molecular flexibility index (Phi) is 5.21. The fourth-order valence-corrected chi connectivity index (χ4v) is 1.50. The summed E-state index contributed by atoms with van der Waals surface area (Å²) < 4.78 is 5.04. The second-order valence-electron chi connectivity index (χ2n) is 3.42. The van der Waals surface area contributed by atoms with Crippen molar-refractivity contribution in [2.75, 3.05) is 7.11 Å². The molecular weight excluding hydrogens is 224 g/mol. The van der Waals surface area contributed by atoms with Crippen molar-refractivity contribution in [2.45, 2.75) is 0 Å². The SMILES string of the molecule is C#C.COc1ccc(C(=O)c2ccccc2)cc1. The minimum absolute atomic E-state index is 0.0308. The van der Waals surface area contributed by atoms with Gasteiger partial charge >= 0.3 is 0 Å². The lowest BCUT2D eigenvalue weighted by Crippen LogP contribution is -2.00. The average molecular weight is 238 g/mol. The van der Waals surface area contributed by atoms with E-state index in [4.69, 9.17) is 4.74 Å². The van der Waals surface area contributed by atoms with Gasteiger partial charge in [0.1, 0.15) is 5.75 Å². The summed E-state index contributed by atoms with van der Waals surface area (Å²) >= 11 is 0. The van der Waals surface area contributed by atoms with E-state index in [1.807, 2.05) is 30.3 Å². The summed E-state index contributed by atoms with van der Waals surface area (Å²) in [4.78, 5) is 12.0. The molecule has 0 aliphatic carbocycles. The fraction of sp³-hybridized carbons (Fsp3) is 0.0625. The molecule has 0 amide bonds. The van der Waals surface area contributed by atoms with E-state index in [1.165, 1.54) is 0 Å². The molecule has 0 aliphatic heterocycles. The first-order chi connectivity index (χ1) is 8.81. The average Bonchev–Trinajstić information content (AvgIpc) is 2.49. The first-order valence-electron chi connectivity index (χ1n) is 5.38. The summed E-state index contributed by atoms with van der Waals surface area (Å²) in [7, 11) is 1.61. The van der Waals surface area contributed by atoms with Gasteiger partial charge in [0.05, 0.1) is 7.11 Å². The number of terminal acetylenes is 1. The van der Waals surface area contributed by atoms with Gasteiger partial charge in [0.15, 0.2) is 5.78 Å². The summed E-state index contributed by atoms with van der Waals surface area (Å²) in [5, 5.41) is 0. The number of hydrogen-bond donors (Lipinski definition) is 0. The molecule has 0 N–H and O–H groups in total. The topological polar surface area (TPSA) is 26.3 Å². The summed E-state index contributed by atoms with van der Waals surface area (Å²) in [6, 6.07) is 16.4. The maximum absolute atomic E-state index is 12.0. The smallest absolute Gasteiger partial charge is 0.193 e. The van der Waals surface area contributed by atoms with Crippen molar-refractivity contribution in [3.63, 3.8) is 0 Å². The number of rotatable bonds is 3. The monoisotopic (exact) mass is 238 g/mol. The molecule has 0 saturated carbocycles. The van der Waals surface area contributed by atoms with Crippen molar-refractivity contribution in [1.82, 2.24) is 0 Å². The number of carbonyl (C=O) groups excluding carboxylic acids is 1. The first kappa shape index (κ1) is 13.5. The maximum atomic E-state index is 12.0. The third kappa shape index (κ3) is 3.23. The van der Waals surface area contributed by atoms with E-state index in [0.717, 1.165) is 5.75 Å². The van der Waals surface area contributed by atoms with E-state index < -0.39 is 0 Å². The van der Waals surface area contributed by atoms with Crippen LogP contribution in [0.3, 0.4) is 0 Å². The number of methoxy groups -OCH3 is 1. The quantitative estimate of drug-likeness (QED) is 0.606. The molecular formula is C16H14O2. The third-order valence-electron chi connectivity index (χ3n) is 2.39. The van der Waals surface area contributed by atoms with Crippen molar-refractivity contribution >= 4 is 5.78 Å². The number of benzene rings is 2. The molecule has 0 spiro atoms. The van der Waals surface area contributed by atoms with Crippen LogP contribution in [0.15, 0.2) is 54.6 Å². The molecule has 0 atom stereocenters. The van der Waals surface area contributed by atoms with Crippen LogP contribution in [0, 0.1) is 12.8 Å². The number of carbonyl (C=O) groups is 1. The Morgan fingerprint density at radius 1 is 0.889 bits per heavy atom. The van der Waals surface area contributed by atoms with Crippen molar-refractivity contribution in [3.05, 3.63) is 65.7 Å². The Morgan fingerprint density at radius 3 is 1.89 bits per heavy atom. The summed E-state index contributed by atoms with van der Waals surface area (Å²) in [6.07, 6.45) is 8.00. The van der Waals surface area contributed by atoms with Crippen molar-refractivity contribution in [1.29, 1.82) is 0 Å². The highest BCUT2D eigenvalue weighted by Gasteiger charge is 2.07. The van der Waals surface area contributed by atoms with Gasteiger partial charge in [-0.15, -0.1) is 12.8 Å². The van der Waals surface area contributed by atoms with E-state index >= 15 is 0 Å². The van der Waals surface area contributed by atoms with Gasteiger partial charge < -0.3 is 4.74 Å². The Morgan fingerprint density at radius 2 is 1.39 bits per heavy atom. The van der Waals surface area contributed by atoms with Crippen LogP contribution in [0.1, 0.15) is 15.9 Å². The molecule has 2 nitrogen and oxygen atoms in total. The molecule has 18 heavy (non-hydrogen) atoms. The number of hydrogen-bond acceptors (Lipinski definition) is 2. The van der Waals surface area contributed by atoms with Crippen LogP contribution >= 0.6 is 0 Å². The molecule has 0 saturated heterocycles. The predicted octanol–water partition coefficient (Wildman–Crippen LogP) is 3.18. The van der Waals surface area contributed by atoms with Crippen LogP contribution in [-0.4, -0.2) is 12.9 Å². The molecule has 2 aromatic rings. The molecule has 0 fully saturated rings. The van der Waals surface area contributed by atoms with Gasteiger partial charge in [-0.05, 0) is 24.3 Å². The van der Waals surface area contributed by atoms with Gasteiger partial charge in [-0.25, -0.2) is 0 Å². The fourth-order valence-electron chi connectivity index (χ4n) is 1.50. The normalized spacial score (nSPS) is 8.83. The van der Waals surface area contributed by atoms with E-state index in [0.29, 0.717) is 11.1 Å². The van der Waals surface area contributed by atoms with Crippen LogP contribution in [0.2, 0.25) is 0 Å². The Labute approximate surface area is 107 Å². The Balaban J connectivity index is 0.000000771. The Hall–Kier alpha value is -2.53. The zero-order valence-electron chi connectivity index (χ0n) is 10.2. The first-order valence-corrected chi connectivity index (χ1v) is 5.38. The van der Waals surface area contributed by atoms with Gasteiger partial charge in [0, 0.05) is 11.1 Å². The molecule has 0 heterocycles. The lowest BCUT2D eigenvalue weighted by atomic mass is 10.0. The van der Waals surface area contributed by atoms with Gasteiger partial charge in [-0.1, -0.05) is 30.3 Å². The van der Waals surface area contributed by atoms with E-state index in [-0.39, 0.29) is 5.78 Å². The van der Waals surface area contributed by atoms with Crippen LogP contribution in [0.25, 0.3) is 0 Å². The minimum atomic E-state index is 0.0308. The Bertz CT molecular complexity index is 510. The lowest BCUT2D eigenvalue weighted by molar-refractivity contribution is 0.103. The van der Waals surface area contributed by atoms with Crippen LogP contribution in [-0.2, 0) is 0 Å². The van der Waals surface area contributed by atoms with E-state index in [2.05, 4.69) is 12.8 Å². The van der Waals surface area contributed by atoms with Gasteiger partial charge in [-0.2, -0.15) is 0 Å². The molecule has 2 rings (SSSR count). The summed E-state index contributed by atoms with van der Waals surface area (Å²) in [6.45, 7) is 0. The standard InChI is InChI=1S/C14H12O2.C2H2/c1-16-13-9-7-12(8-10-13)14(15)11-5-3-2-4-6-11;1-2/h2-10H,1H3;1-2H. The molecule has 2 aromatic carbocycles. The highest BCUT2D eigenvalue weighted by Crippen LogP contribution is 2.14. The molecule has 0 unspecified atom stereocenters. The predicted molar refractivity (Wildman–Crippen MR) is 72.8 cm³/mol. The zero-order chi connectivity index (χ0) is 13.4.